The highest BCUT2D eigenvalue weighted by molar-refractivity contribution is 7.99. The molecule has 1 unspecified atom stereocenters. The van der Waals surface area contributed by atoms with Crippen molar-refractivity contribution in [3.05, 3.63) is 0 Å². The highest BCUT2D eigenvalue weighted by Gasteiger charge is 2.10. The summed E-state index contributed by atoms with van der Waals surface area (Å²) in [5.74, 6) is -0.638. The number of hydrogen-bond acceptors (Lipinski definition) is 4. The van der Waals surface area contributed by atoms with E-state index in [-0.39, 0.29) is 6.54 Å². The fourth-order valence-corrected chi connectivity index (χ4v) is 1.59. The quantitative estimate of drug-likeness (QED) is 0.325. The number of hydrogen-bond donors (Lipinski definition) is 3. The van der Waals surface area contributed by atoms with Gasteiger partial charge in [0.15, 0.2) is 5.84 Å². The van der Waals surface area contributed by atoms with Crippen molar-refractivity contribution in [2.24, 2.45) is 16.5 Å². The van der Waals surface area contributed by atoms with Crippen LogP contribution in [-0.4, -0.2) is 47.4 Å². The first kappa shape index (κ1) is 15.1. The molecule has 0 aliphatic carbocycles. The van der Waals surface area contributed by atoms with Crippen LogP contribution in [0.1, 0.15) is 6.42 Å². The molecule has 94 valence electrons. The van der Waals surface area contributed by atoms with Crippen molar-refractivity contribution >= 4 is 23.6 Å². The molecule has 0 radical (unpaired) electrons. The van der Waals surface area contributed by atoms with Crippen molar-refractivity contribution in [2.45, 2.75) is 18.9 Å². The van der Waals surface area contributed by atoms with Crippen LogP contribution in [0.15, 0.2) is 4.99 Å². The molecular formula is C8H15F2N3O2S. The maximum Gasteiger partial charge on any atom is 0.320 e. The normalized spacial score (nSPS) is 14.1. The number of nitrogens with zero attached hydrogens (tertiary/aromatic N) is 1. The zero-order chi connectivity index (χ0) is 12.6. The van der Waals surface area contributed by atoms with Gasteiger partial charge in [-0.15, -0.1) is 0 Å². The Kier molecular flexibility index (Phi) is 7.82. The molecule has 0 aromatic heterocycles. The topological polar surface area (TPSA) is 102 Å². The summed E-state index contributed by atoms with van der Waals surface area (Å²) in [6.45, 7) is 0.198. The van der Waals surface area contributed by atoms with Crippen molar-refractivity contribution in [1.29, 1.82) is 0 Å². The van der Waals surface area contributed by atoms with Gasteiger partial charge in [-0.2, -0.15) is 11.8 Å². The van der Waals surface area contributed by atoms with E-state index in [0.717, 1.165) is 0 Å². The number of carbonyl (C=O) groups is 1. The summed E-state index contributed by atoms with van der Waals surface area (Å²) in [5.41, 5.74) is 10.2. The summed E-state index contributed by atoms with van der Waals surface area (Å²) < 4.78 is 23.7. The number of nitrogens with two attached hydrogens (primary N) is 2. The lowest BCUT2D eigenvalue weighted by Gasteiger charge is -2.04. The molecule has 0 aliphatic rings. The van der Waals surface area contributed by atoms with Crippen LogP contribution in [0.25, 0.3) is 0 Å². The van der Waals surface area contributed by atoms with E-state index >= 15 is 0 Å². The predicted octanol–water partition coefficient (Wildman–Crippen LogP) is 0.144. The molecule has 1 atom stereocenters. The van der Waals surface area contributed by atoms with Gasteiger partial charge in [0.1, 0.15) is 6.04 Å². The van der Waals surface area contributed by atoms with E-state index in [1.165, 1.54) is 11.8 Å². The number of amidine groups is 1. The monoisotopic (exact) mass is 255 g/mol. The van der Waals surface area contributed by atoms with Crippen LogP contribution in [0, 0.1) is 0 Å². The average molecular weight is 255 g/mol. The number of thioether (sulfide) groups is 1. The first-order chi connectivity index (χ1) is 7.45. The summed E-state index contributed by atoms with van der Waals surface area (Å²) in [4.78, 5) is 13.8. The third kappa shape index (κ3) is 7.41. The molecule has 0 saturated carbocycles. The van der Waals surface area contributed by atoms with Crippen LogP contribution in [0.2, 0.25) is 0 Å². The molecule has 0 spiro atoms. The van der Waals surface area contributed by atoms with Gasteiger partial charge >= 0.3 is 5.97 Å². The molecular weight excluding hydrogens is 240 g/mol. The van der Waals surface area contributed by atoms with Gasteiger partial charge in [-0.3, -0.25) is 9.79 Å². The van der Waals surface area contributed by atoms with E-state index in [4.69, 9.17) is 16.6 Å². The molecule has 0 heterocycles. The number of halogens is 2. The lowest BCUT2D eigenvalue weighted by atomic mass is 10.2. The van der Waals surface area contributed by atoms with E-state index in [0.29, 0.717) is 17.9 Å². The van der Waals surface area contributed by atoms with Gasteiger partial charge in [-0.1, -0.05) is 0 Å². The standard InChI is InChI=1S/C8H15F2N3O2S/c9-6(10)7(12)13-2-4-16-3-1-5(11)8(14)15/h5-6H,1-4,11H2,(H2,12,13)(H,14,15). The van der Waals surface area contributed by atoms with Crippen LogP contribution in [0.3, 0.4) is 0 Å². The molecule has 0 aromatic carbocycles. The van der Waals surface area contributed by atoms with Gasteiger partial charge in [-0.05, 0) is 12.2 Å². The highest BCUT2D eigenvalue weighted by atomic mass is 32.2. The van der Waals surface area contributed by atoms with Crippen LogP contribution < -0.4 is 11.5 Å². The molecule has 8 heteroatoms. The fraction of sp³-hybridized carbons (Fsp3) is 0.750. The maximum atomic E-state index is 11.9. The van der Waals surface area contributed by atoms with E-state index in [1.54, 1.807) is 0 Å². The molecule has 0 aliphatic heterocycles. The molecule has 0 rings (SSSR count). The number of carboxylic acid groups (broad SMARTS) is 1. The zero-order valence-corrected chi connectivity index (χ0v) is 9.42. The van der Waals surface area contributed by atoms with Gasteiger partial charge in [0.05, 0.1) is 6.54 Å². The molecule has 0 fully saturated rings. The van der Waals surface area contributed by atoms with E-state index < -0.39 is 24.3 Å². The number of alkyl halides is 2. The Morgan fingerprint density at radius 2 is 2.06 bits per heavy atom. The SMILES string of the molecule is NC(=NCCSCCC(N)C(=O)O)C(F)F. The third-order valence-electron chi connectivity index (χ3n) is 1.64. The van der Waals surface area contributed by atoms with Crippen LogP contribution in [-0.2, 0) is 4.79 Å². The minimum atomic E-state index is -2.72. The number of aliphatic carboxylic acids is 1. The second-order valence-electron chi connectivity index (χ2n) is 2.95. The molecule has 0 aromatic rings. The number of aliphatic imine (C=N–C) groups is 1. The van der Waals surface area contributed by atoms with E-state index in [2.05, 4.69) is 4.99 Å². The lowest BCUT2D eigenvalue weighted by Crippen LogP contribution is -2.30. The number of carboxylic acids is 1. The fourth-order valence-electron chi connectivity index (χ4n) is 0.744. The summed E-state index contributed by atoms with van der Waals surface area (Å²) in [7, 11) is 0. The van der Waals surface area contributed by atoms with Gasteiger partial charge in [0.25, 0.3) is 6.43 Å². The molecule has 0 bridgehead atoms. The predicted molar refractivity (Wildman–Crippen MR) is 60.0 cm³/mol. The van der Waals surface area contributed by atoms with Gasteiger partial charge in [0.2, 0.25) is 0 Å². The summed E-state index contributed by atoms with van der Waals surface area (Å²) in [5, 5.41) is 8.46. The maximum absolute atomic E-state index is 11.9. The van der Waals surface area contributed by atoms with Gasteiger partial charge in [0, 0.05) is 5.75 Å². The van der Waals surface area contributed by atoms with Crippen molar-refractivity contribution in [3.8, 4) is 0 Å². The lowest BCUT2D eigenvalue weighted by molar-refractivity contribution is -0.138. The van der Waals surface area contributed by atoms with E-state index in [9.17, 15) is 13.6 Å². The van der Waals surface area contributed by atoms with Gasteiger partial charge in [-0.25, -0.2) is 8.78 Å². The van der Waals surface area contributed by atoms with Crippen LogP contribution in [0.4, 0.5) is 8.78 Å². The Balaban J connectivity index is 3.48. The third-order valence-corrected chi connectivity index (χ3v) is 2.64. The van der Waals surface area contributed by atoms with Crippen molar-refractivity contribution in [1.82, 2.24) is 0 Å². The Labute approximate surface area is 96.3 Å². The Hall–Kier alpha value is -0.890. The second kappa shape index (κ2) is 8.28. The molecule has 5 nitrogen and oxygen atoms in total. The summed E-state index contributed by atoms with van der Waals surface area (Å²) >= 11 is 1.40. The first-order valence-corrected chi connectivity index (χ1v) is 5.74. The Bertz CT molecular complexity index is 251. The zero-order valence-electron chi connectivity index (χ0n) is 8.60. The summed E-state index contributed by atoms with van der Waals surface area (Å²) in [6.07, 6.45) is -2.38. The highest BCUT2D eigenvalue weighted by Crippen LogP contribution is 2.04. The second-order valence-corrected chi connectivity index (χ2v) is 4.18. The minimum absolute atomic E-state index is 0.198. The largest absolute Gasteiger partial charge is 0.480 e. The minimum Gasteiger partial charge on any atom is -0.480 e. The van der Waals surface area contributed by atoms with Crippen LogP contribution in [0.5, 0.6) is 0 Å². The van der Waals surface area contributed by atoms with Crippen LogP contribution >= 0.6 is 11.8 Å². The first-order valence-electron chi connectivity index (χ1n) is 4.59. The Morgan fingerprint density at radius 3 is 2.56 bits per heavy atom. The molecule has 16 heavy (non-hydrogen) atoms. The molecule has 0 saturated heterocycles. The smallest absolute Gasteiger partial charge is 0.320 e. The Morgan fingerprint density at radius 1 is 1.44 bits per heavy atom. The number of rotatable bonds is 8. The van der Waals surface area contributed by atoms with Gasteiger partial charge < -0.3 is 16.6 Å². The van der Waals surface area contributed by atoms with Crippen molar-refractivity contribution in [3.63, 3.8) is 0 Å². The van der Waals surface area contributed by atoms with E-state index in [1.807, 2.05) is 0 Å². The summed E-state index contributed by atoms with van der Waals surface area (Å²) in [6, 6.07) is -0.873. The average Bonchev–Trinajstić information content (AvgIpc) is 2.21. The van der Waals surface area contributed by atoms with Crippen molar-refractivity contribution in [2.75, 3.05) is 18.1 Å². The van der Waals surface area contributed by atoms with Crippen molar-refractivity contribution < 1.29 is 18.7 Å². The molecule has 0 amide bonds. The molecule has 5 N–H and O–H groups in total.